The number of carbonyl (C=O) groups is 2. The second-order valence-electron chi connectivity index (χ2n) is 10.1. The Kier molecular flexibility index (Phi) is 8.54. The first-order valence-electron chi connectivity index (χ1n) is 13.6. The van der Waals surface area contributed by atoms with Crippen molar-refractivity contribution in [1.29, 1.82) is 0 Å². The van der Waals surface area contributed by atoms with Gasteiger partial charge in [-0.05, 0) is 68.5 Å². The average molecular weight is 542 g/mol. The lowest BCUT2D eigenvalue weighted by Crippen LogP contribution is -2.47. The molecular formula is C31H35N5O2S. The van der Waals surface area contributed by atoms with E-state index in [4.69, 9.17) is 12.2 Å². The lowest BCUT2D eigenvalue weighted by atomic mass is 10.1. The van der Waals surface area contributed by atoms with E-state index in [0.29, 0.717) is 17.3 Å². The van der Waals surface area contributed by atoms with Crippen molar-refractivity contribution >= 4 is 46.2 Å². The van der Waals surface area contributed by atoms with Gasteiger partial charge in [0.25, 0.3) is 5.91 Å². The van der Waals surface area contributed by atoms with Crippen LogP contribution in [0.25, 0.3) is 0 Å². The summed E-state index contributed by atoms with van der Waals surface area (Å²) in [5, 5.41) is 3.39. The molecule has 2 heterocycles. The van der Waals surface area contributed by atoms with Crippen LogP contribution in [0.5, 0.6) is 0 Å². The zero-order valence-electron chi connectivity index (χ0n) is 22.3. The Labute approximate surface area is 236 Å². The van der Waals surface area contributed by atoms with Crippen LogP contribution in [0.15, 0.2) is 84.9 Å². The zero-order chi connectivity index (χ0) is 27.2. The van der Waals surface area contributed by atoms with Gasteiger partial charge in [-0.1, -0.05) is 54.1 Å². The molecule has 0 spiro atoms. The summed E-state index contributed by atoms with van der Waals surface area (Å²) in [5.41, 5.74) is 3.83. The number of thiocarbonyl (C=S) groups is 1. The largest absolute Gasteiger partial charge is 0.369 e. The molecule has 0 aromatic heterocycles. The number of carbonyl (C=O) groups excluding carboxylic acids is 2. The fourth-order valence-corrected chi connectivity index (χ4v) is 5.68. The van der Waals surface area contributed by atoms with E-state index in [1.54, 1.807) is 4.90 Å². The first-order valence-corrected chi connectivity index (χ1v) is 14.0. The predicted octanol–water partition coefficient (Wildman–Crippen LogP) is 4.54. The van der Waals surface area contributed by atoms with Crippen LogP contribution in [0.3, 0.4) is 0 Å². The molecule has 202 valence electrons. The van der Waals surface area contributed by atoms with E-state index in [9.17, 15) is 9.59 Å². The van der Waals surface area contributed by atoms with Crippen molar-refractivity contribution < 1.29 is 9.59 Å². The maximum atomic E-state index is 13.6. The molecule has 1 N–H and O–H groups in total. The van der Waals surface area contributed by atoms with Crippen molar-refractivity contribution in [1.82, 2.24) is 9.80 Å². The monoisotopic (exact) mass is 541 g/mol. The first-order chi connectivity index (χ1) is 19.0. The molecule has 3 aromatic rings. The van der Waals surface area contributed by atoms with Gasteiger partial charge in [0.1, 0.15) is 6.04 Å². The van der Waals surface area contributed by atoms with Gasteiger partial charge in [0.2, 0.25) is 5.91 Å². The third-order valence-electron chi connectivity index (χ3n) is 7.41. The first kappa shape index (κ1) is 26.8. The molecule has 1 unspecified atom stereocenters. The fourth-order valence-electron chi connectivity index (χ4n) is 5.26. The summed E-state index contributed by atoms with van der Waals surface area (Å²) >= 11 is 5.83. The third kappa shape index (κ3) is 6.46. The molecule has 0 radical (unpaired) electrons. The maximum absolute atomic E-state index is 13.6. The topological polar surface area (TPSA) is 59.1 Å². The SMILES string of the molecule is Cc1ccc(N2C(=O)C(CC(=O)Nc3ccccc3)N(CCCN3CCN(c4ccccc4)CC3)C2=S)cc1. The fraction of sp³-hybridized carbons (Fsp3) is 0.323. The summed E-state index contributed by atoms with van der Waals surface area (Å²) in [4.78, 5) is 35.0. The van der Waals surface area contributed by atoms with Crippen molar-refractivity contribution in [3.05, 3.63) is 90.5 Å². The highest BCUT2D eigenvalue weighted by molar-refractivity contribution is 7.80. The van der Waals surface area contributed by atoms with E-state index in [2.05, 4.69) is 39.4 Å². The van der Waals surface area contributed by atoms with Gasteiger partial charge in [0.05, 0.1) is 12.1 Å². The van der Waals surface area contributed by atoms with Gasteiger partial charge in [-0.15, -0.1) is 0 Å². The van der Waals surface area contributed by atoms with Gasteiger partial charge in [0.15, 0.2) is 5.11 Å². The Balaban J connectivity index is 1.22. The molecule has 3 aromatic carbocycles. The minimum absolute atomic E-state index is 0.0476. The van der Waals surface area contributed by atoms with Gasteiger partial charge < -0.3 is 15.1 Å². The van der Waals surface area contributed by atoms with Crippen molar-refractivity contribution in [2.45, 2.75) is 25.8 Å². The Bertz CT molecular complexity index is 1280. The Morgan fingerprint density at radius 2 is 1.49 bits per heavy atom. The van der Waals surface area contributed by atoms with Crippen LogP contribution in [-0.4, -0.2) is 72.0 Å². The summed E-state index contributed by atoms with van der Waals surface area (Å²) in [5.74, 6) is -0.348. The van der Waals surface area contributed by atoms with E-state index < -0.39 is 6.04 Å². The molecule has 1 atom stereocenters. The van der Waals surface area contributed by atoms with Crippen LogP contribution < -0.4 is 15.1 Å². The number of aryl methyl sites for hydroxylation is 1. The Hall–Kier alpha value is -3.75. The molecule has 5 rings (SSSR count). The molecule has 2 aliphatic rings. The van der Waals surface area contributed by atoms with Gasteiger partial charge in [-0.2, -0.15) is 0 Å². The maximum Gasteiger partial charge on any atom is 0.256 e. The zero-order valence-corrected chi connectivity index (χ0v) is 23.1. The highest BCUT2D eigenvalue weighted by Crippen LogP contribution is 2.28. The molecule has 2 fully saturated rings. The normalized spacial score (nSPS) is 18.1. The highest BCUT2D eigenvalue weighted by atomic mass is 32.1. The Morgan fingerprint density at radius 3 is 2.15 bits per heavy atom. The second-order valence-corrected chi connectivity index (χ2v) is 10.5. The van der Waals surface area contributed by atoms with Crippen LogP contribution >= 0.6 is 12.2 Å². The van der Waals surface area contributed by atoms with Gasteiger partial charge >= 0.3 is 0 Å². The third-order valence-corrected chi connectivity index (χ3v) is 7.83. The van der Waals surface area contributed by atoms with Crippen LogP contribution in [0.4, 0.5) is 17.1 Å². The number of benzene rings is 3. The second kappa shape index (κ2) is 12.4. The van der Waals surface area contributed by atoms with Crippen molar-refractivity contribution in [2.24, 2.45) is 0 Å². The number of hydrogen-bond donors (Lipinski definition) is 1. The summed E-state index contributed by atoms with van der Waals surface area (Å²) in [7, 11) is 0. The number of amides is 2. The summed E-state index contributed by atoms with van der Waals surface area (Å²) < 4.78 is 0. The molecule has 39 heavy (non-hydrogen) atoms. The smallest absolute Gasteiger partial charge is 0.256 e. The van der Waals surface area contributed by atoms with Crippen LogP contribution in [0.2, 0.25) is 0 Å². The summed E-state index contributed by atoms with van der Waals surface area (Å²) in [6, 6.07) is 27.0. The molecular weight excluding hydrogens is 506 g/mol. The van der Waals surface area contributed by atoms with Crippen molar-refractivity contribution in [3.8, 4) is 0 Å². The number of hydrogen-bond acceptors (Lipinski definition) is 5. The van der Waals surface area contributed by atoms with E-state index in [1.165, 1.54) is 5.69 Å². The van der Waals surface area contributed by atoms with Crippen LogP contribution in [0.1, 0.15) is 18.4 Å². The lowest BCUT2D eigenvalue weighted by molar-refractivity contribution is -0.124. The van der Waals surface area contributed by atoms with E-state index in [0.717, 1.165) is 50.4 Å². The molecule has 0 aliphatic carbocycles. The van der Waals surface area contributed by atoms with Gasteiger partial charge in [-0.3, -0.25) is 19.4 Å². The van der Waals surface area contributed by atoms with E-state index in [1.807, 2.05) is 72.5 Å². The minimum Gasteiger partial charge on any atom is -0.369 e. The number of para-hydroxylation sites is 2. The molecule has 0 bridgehead atoms. The number of nitrogens with one attached hydrogen (secondary N) is 1. The number of nitrogens with zero attached hydrogens (tertiary/aromatic N) is 4. The molecule has 2 saturated heterocycles. The van der Waals surface area contributed by atoms with Gasteiger partial charge in [0, 0.05) is 44.1 Å². The standard InChI is InChI=1S/C31H35N5O2S/c1-24-13-15-27(16-14-24)36-30(38)28(23-29(37)32-25-9-4-2-5-10-25)35(31(36)39)18-8-17-33-19-21-34(22-20-33)26-11-6-3-7-12-26/h2-7,9-16,28H,8,17-23H2,1H3,(H,32,37). The van der Waals surface area contributed by atoms with Crippen LogP contribution in [0, 0.1) is 6.92 Å². The number of piperazine rings is 1. The highest BCUT2D eigenvalue weighted by Gasteiger charge is 2.43. The van der Waals surface area contributed by atoms with Crippen molar-refractivity contribution in [3.63, 3.8) is 0 Å². The molecule has 0 saturated carbocycles. The molecule has 2 aliphatic heterocycles. The lowest BCUT2D eigenvalue weighted by Gasteiger charge is -2.36. The van der Waals surface area contributed by atoms with Crippen molar-refractivity contribution in [2.75, 3.05) is 54.4 Å². The average Bonchev–Trinajstić information content (AvgIpc) is 3.19. The molecule has 7 nitrogen and oxygen atoms in total. The summed E-state index contributed by atoms with van der Waals surface area (Å²) in [6.07, 6.45) is 0.906. The minimum atomic E-state index is -0.627. The summed E-state index contributed by atoms with van der Waals surface area (Å²) in [6.45, 7) is 7.53. The predicted molar refractivity (Wildman–Crippen MR) is 161 cm³/mol. The molecule has 8 heteroatoms. The van der Waals surface area contributed by atoms with Crippen LogP contribution in [-0.2, 0) is 9.59 Å². The Morgan fingerprint density at radius 1 is 0.846 bits per heavy atom. The number of rotatable bonds is 9. The molecule has 2 amide bonds. The quantitative estimate of drug-likeness (QED) is 0.402. The van der Waals surface area contributed by atoms with E-state index >= 15 is 0 Å². The van der Waals surface area contributed by atoms with Gasteiger partial charge in [-0.25, -0.2) is 0 Å². The number of anilines is 3. The van der Waals surface area contributed by atoms with E-state index in [-0.39, 0.29) is 18.2 Å².